The van der Waals surface area contributed by atoms with Crippen molar-refractivity contribution in [2.75, 3.05) is 37.6 Å². The largest absolute Gasteiger partial charge is 0.352 e. The Balaban J connectivity index is 1.32. The van der Waals surface area contributed by atoms with Crippen LogP contribution in [0.1, 0.15) is 31.4 Å². The average molecular weight is 312 g/mol. The molecule has 3 aliphatic rings. The van der Waals surface area contributed by atoms with Crippen LogP contribution >= 0.6 is 0 Å². The molecule has 3 saturated heterocycles. The lowest BCUT2D eigenvalue weighted by molar-refractivity contribution is 0.179. The Bertz CT molecular complexity index is 577. The summed E-state index contributed by atoms with van der Waals surface area (Å²) in [5.41, 5.74) is 0.441. The monoisotopic (exact) mass is 312 g/mol. The van der Waals surface area contributed by atoms with Crippen LogP contribution in [-0.2, 0) is 0 Å². The summed E-state index contributed by atoms with van der Waals surface area (Å²) in [7, 11) is 0. The lowest BCUT2D eigenvalue weighted by Crippen LogP contribution is -2.50. The Hall–Kier alpha value is -1.71. The number of piperidine rings is 1. The van der Waals surface area contributed by atoms with Crippen LogP contribution in [0.15, 0.2) is 12.4 Å². The van der Waals surface area contributed by atoms with Gasteiger partial charge in [0.15, 0.2) is 11.5 Å². The Kier molecular flexibility index (Phi) is 4.15. The molecular formula is C17H24N6. The van der Waals surface area contributed by atoms with Crippen molar-refractivity contribution in [1.29, 1.82) is 5.26 Å². The molecule has 2 atom stereocenters. The normalized spacial score (nSPS) is 31.1. The van der Waals surface area contributed by atoms with Crippen LogP contribution in [0.2, 0.25) is 0 Å². The van der Waals surface area contributed by atoms with E-state index >= 15 is 0 Å². The molecule has 6 heteroatoms. The van der Waals surface area contributed by atoms with Crippen molar-refractivity contribution in [1.82, 2.24) is 20.2 Å². The fraction of sp³-hybridized carbons (Fsp3) is 0.706. The minimum absolute atomic E-state index is 0.441. The number of hydrogen-bond acceptors (Lipinski definition) is 6. The molecule has 3 aliphatic heterocycles. The summed E-state index contributed by atoms with van der Waals surface area (Å²) < 4.78 is 0. The van der Waals surface area contributed by atoms with Crippen LogP contribution in [0.25, 0.3) is 0 Å². The van der Waals surface area contributed by atoms with Gasteiger partial charge in [-0.2, -0.15) is 5.26 Å². The topological polar surface area (TPSA) is 68.1 Å². The molecule has 1 aromatic heterocycles. The minimum Gasteiger partial charge on any atom is -0.352 e. The van der Waals surface area contributed by atoms with Gasteiger partial charge >= 0.3 is 0 Å². The number of anilines is 1. The smallest absolute Gasteiger partial charge is 0.183 e. The van der Waals surface area contributed by atoms with E-state index in [2.05, 4.69) is 31.2 Å². The second kappa shape index (κ2) is 6.42. The van der Waals surface area contributed by atoms with Gasteiger partial charge in [0.1, 0.15) is 6.07 Å². The van der Waals surface area contributed by atoms with Gasteiger partial charge in [0.25, 0.3) is 0 Å². The molecule has 0 radical (unpaired) electrons. The summed E-state index contributed by atoms with van der Waals surface area (Å²) in [5.74, 6) is 1.60. The van der Waals surface area contributed by atoms with Gasteiger partial charge in [-0.3, -0.25) is 4.90 Å². The number of nitrogens with zero attached hydrogens (tertiary/aromatic N) is 5. The highest BCUT2D eigenvalue weighted by Gasteiger charge is 2.34. The van der Waals surface area contributed by atoms with Gasteiger partial charge in [0.05, 0.1) is 0 Å². The van der Waals surface area contributed by atoms with E-state index in [0.29, 0.717) is 5.69 Å². The van der Waals surface area contributed by atoms with Crippen LogP contribution in [0.4, 0.5) is 5.82 Å². The maximum absolute atomic E-state index is 9.18. The lowest BCUT2D eigenvalue weighted by Gasteiger charge is -2.39. The molecule has 4 heterocycles. The number of piperazine rings is 1. The zero-order valence-corrected chi connectivity index (χ0v) is 13.5. The molecule has 23 heavy (non-hydrogen) atoms. The van der Waals surface area contributed by atoms with Crippen LogP contribution in [0, 0.1) is 17.2 Å². The van der Waals surface area contributed by atoms with Crippen LogP contribution in [0.5, 0.6) is 0 Å². The number of nitriles is 1. The third-order valence-electron chi connectivity index (χ3n) is 5.54. The number of fused-ring (bicyclic) bond motifs is 2. The summed E-state index contributed by atoms with van der Waals surface area (Å²) in [6, 6.07) is 3.70. The lowest BCUT2D eigenvalue weighted by atomic mass is 9.92. The highest BCUT2D eigenvalue weighted by molar-refractivity contribution is 5.49. The first-order chi connectivity index (χ1) is 11.3. The van der Waals surface area contributed by atoms with E-state index in [1.54, 1.807) is 12.4 Å². The van der Waals surface area contributed by atoms with Crippen molar-refractivity contribution in [3.63, 3.8) is 0 Å². The van der Waals surface area contributed by atoms with Crippen molar-refractivity contribution >= 4 is 5.82 Å². The molecule has 1 N–H and O–H groups in total. The summed E-state index contributed by atoms with van der Waals surface area (Å²) >= 11 is 0. The number of aromatic nitrogens is 2. The first-order valence-corrected chi connectivity index (χ1v) is 8.76. The van der Waals surface area contributed by atoms with Crippen LogP contribution in [-0.4, -0.2) is 59.7 Å². The highest BCUT2D eigenvalue weighted by atomic mass is 15.3. The third-order valence-corrected chi connectivity index (χ3v) is 5.54. The maximum atomic E-state index is 9.18. The van der Waals surface area contributed by atoms with E-state index < -0.39 is 0 Å². The molecule has 0 aliphatic carbocycles. The molecule has 0 amide bonds. The predicted octanol–water partition coefficient (Wildman–Crippen LogP) is 1.00. The first kappa shape index (κ1) is 14.9. The summed E-state index contributed by atoms with van der Waals surface area (Å²) in [6.07, 6.45) is 8.70. The maximum Gasteiger partial charge on any atom is 0.183 e. The van der Waals surface area contributed by atoms with Gasteiger partial charge in [0, 0.05) is 57.2 Å². The molecular weight excluding hydrogens is 288 g/mol. The van der Waals surface area contributed by atoms with Crippen molar-refractivity contribution < 1.29 is 0 Å². The summed E-state index contributed by atoms with van der Waals surface area (Å²) in [5, 5.41) is 12.9. The number of hydrogen-bond donors (Lipinski definition) is 1. The predicted molar refractivity (Wildman–Crippen MR) is 88.1 cm³/mol. The molecule has 6 nitrogen and oxygen atoms in total. The van der Waals surface area contributed by atoms with Gasteiger partial charge < -0.3 is 10.2 Å². The fourth-order valence-corrected chi connectivity index (χ4v) is 4.47. The second-order valence-electron chi connectivity index (χ2n) is 7.10. The fourth-order valence-electron chi connectivity index (χ4n) is 4.47. The van der Waals surface area contributed by atoms with E-state index in [1.165, 1.54) is 32.2 Å². The molecule has 2 bridgehead atoms. The summed E-state index contributed by atoms with van der Waals surface area (Å²) in [4.78, 5) is 13.3. The zero-order valence-electron chi connectivity index (χ0n) is 13.5. The number of rotatable bonds is 3. The van der Waals surface area contributed by atoms with Gasteiger partial charge in [-0.1, -0.05) is 0 Å². The van der Waals surface area contributed by atoms with E-state index in [4.69, 9.17) is 0 Å². The van der Waals surface area contributed by atoms with Crippen LogP contribution in [0.3, 0.4) is 0 Å². The van der Waals surface area contributed by atoms with Crippen molar-refractivity contribution in [2.24, 2.45) is 5.92 Å². The minimum atomic E-state index is 0.441. The Morgan fingerprint density at radius 2 is 1.78 bits per heavy atom. The third kappa shape index (κ3) is 3.17. The van der Waals surface area contributed by atoms with Crippen molar-refractivity contribution in [2.45, 2.75) is 37.8 Å². The van der Waals surface area contributed by atoms with Gasteiger partial charge in [-0.25, -0.2) is 9.97 Å². The quantitative estimate of drug-likeness (QED) is 0.898. The Morgan fingerprint density at radius 1 is 1.09 bits per heavy atom. The SMILES string of the molecule is N#Cc1nccnc1N1CCN(CC2CC3CCC(C2)N3)CC1. The van der Waals surface area contributed by atoms with Gasteiger partial charge in [-0.15, -0.1) is 0 Å². The Morgan fingerprint density at radius 3 is 2.48 bits per heavy atom. The average Bonchev–Trinajstić information content (AvgIpc) is 2.94. The highest BCUT2D eigenvalue weighted by Crippen LogP contribution is 2.31. The van der Waals surface area contributed by atoms with Gasteiger partial charge in [-0.05, 0) is 31.6 Å². The van der Waals surface area contributed by atoms with E-state index in [-0.39, 0.29) is 0 Å². The standard InChI is InChI=1S/C17H24N6/c18-11-16-17(20-4-3-19-16)23-7-5-22(6-8-23)12-13-9-14-1-2-15(10-13)21-14/h3-4,13-15,21H,1-2,5-10,12H2. The molecule has 4 rings (SSSR count). The van der Waals surface area contributed by atoms with E-state index in [9.17, 15) is 5.26 Å². The van der Waals surface area contributed by atoms with E-state index in [1.807, 2.05) is 0 Å². The zero-order chi connectivity index (χ0) is 15.6. The molecule has 0 saturated carbocycles. The van der Waals surface area contributed by atoms with Gasteiger partial charge in [0.2, 0.25) is 0 Å². The molecule has 3 fully saturated rings. The Labute approximate surface area is 137 Å². The molecule has 122 valence electrons. The number of nitrogens with one attached hydrogen (secondary N) is 1. The molecule has 1 aromatic rings. The molecule has 0 spiro atoms. The molecule has 0 aromatic carbocycles. The molecule has 2 unspecified atom stereocenters. The second-order valence-corrected chi connectivity index (χ2v) is 7.10. The summed E-state index contributed by atoms with van der Waals surface area (Å²) in [6.45, 7) is 5.21. The van der Waals surface area contributed by atoms with Crippen molar-refractivity contribution in [3.8, 4) is 6.07 Å². The van der Waals surface area contributed by atoms with E-state index in [0.717, 1.165) is 50.0 Å². The first-order valence-electron chi connectivity index (χ1n) is 8.76. The van der Waals surface area contributed by atoms with Crippen LogP contribution < -0.4 is 10.2 Å². The van der Waals surface area contributed by atoms with Crippen molar-refractivity contribution in [3.05, 3.63) is 18.1 Å².